The molecule has 0 saturated heterocycles. The zero-order valence-corrected chi connectivity index (χ0v) is 13.4. The van der Waals surface area contributed by atoms with Crippen molar-refractivity contribution in [3.8, 4) is 0 Å². The van der Waals surface area contributed by atoms with E-state index in [-0.39, 0.29) is 18.3 Å². The number of Topliss-reactive ketones (excluding diaryl/α,β-unsaturated/α-hetero) is 1. The maximum Gasteiger partial charge on any atom is 0.247 e. The van der Waals surface area contributed by atoms with Gasteiger partial charge in [-0.15, -0.1) is 0 Å². The van der Waals surface area contributed by atoms with Crippen LogP contribution in [-0.4, -0.2) is 29.9 Å². The van der Waals surface area contributed by atoms with Gasteiger partial charge in [0.1, 0.15) is 6.61 Å². The van der Waals surface area contributed by atoms with Gasteiger partial charge in [-0.05, 0) is 37.8 Å². The van der Waals surface area contributed by atoms with Gasteiger partial charge in [-0.1, -0.05) is 36.8 Å². The number of benzene rings is 1. The summed E-state index contributed by atoms with van der Waals surface area (Å²) in [6.45, 7) is 4.01. The van der Waals surface area contributed by atoms with Crippen molar-refractivity contribution in [2.75, 3.05) is 13.2 Å². The highest BCUT2D eigenvalue weighted by Crippen LogP contribution is 2.17. The van der Waals surface area contributed by atoms with Gasteiger partial charge in [0.15, 0.2) is 5.78 Å². The third-order valence-electron chi connectivity index (χ3n) is 3.70. The quantitative estimate of drug-likeness (QED) is 0.544. The molecule has 0 spiro atoms. The van der Waals surface area contributed by atoms with Crippen molar-refractivity contribution >= 4 is 17.3 Å². The lowest BCUT2D eigenvalue weighted by Crippen LogP contribution is -2.25. The number of ketones is 1. The SMILES string of the molecule is C/C(C(=O)NCCCCCC(=O)CO)=C(/C)c1ccccc1. The Morgan fingerprint density at radius 3 is 2.36 bits per heavy atom. The summed E-state index contributed by atoms with van der Waals surface area (Å²) in [6.07, 6.45) is 2.87. The lowest BCUT2D eigenvalue weighted by Gasteiger charge is -2.09. The van der Waals surface area contributed by atoms with Crippen LogP contribution in [0, 0.1) is 0 Å². The van der Waals surface area contributed by atoms with Gasteiger partial charge in [0.25, 0.3) is 0 Å². The first-order valence-corrected chi connectivity index (χ1v) is 7.70. The van der Waals surface area contributed by atoms with Crippen LogP contribution in [0.2, 0.25) is 0 Å². The van der Waals surface area contributed by atoms with E-state index < -0.39 is 0 Å². The second-order valence-electron chi connectivity index (χ2n) is 5.38. The van der Waals surface area contributed by atoms with E-state index in [0.29, 0.717) is 13.0 Å². The molecule has 0 aliphatic rings. The van der Waals surface area contributed by atoms with E-state index >= 15 is 0 Å². The molecule has 2 N–H and O–H groups in total. The molecule has 1 aromatic carbocycles. The number of hydrogen-bond donors (Lipinski definition) is 2. The van der Waals surface area contributed by atoms with Crippen LogP contribution in [-0.2, 0) is 9.59 Å². The number of aliphatic hydroxyl groups excluding tert-OH is 1. The minimum absolute atomic E-state index is 0.0483. The molecule has 0 atom stereocenters. The van der Waals surface area contributed by atoms with Crippen LogP contribution in [0.3, 0.4) is 0 Å². The number of amides is 1. The number of hydrogen-bond acceptors (Lipinski definition) is 3. The standard InChI is InChI=1S/C18H25NO3/c1-14(16-9-5-3-6-10-16)15(2)18(22)19-12-8-4-7-11-17(21)13-20/h3,5-6,9-10,20H,4,7-8,11-13H2,1-2H3,(H,19,22)/b15-14+. The number of unbranched alkanes of at least 4 members (excludes halogenated alkanes) is 2. The average molecular weight is 303 g/mol. The van der Waals surface area contributed by atoms with E-state index in [0.717, 1.165) is 36.0 Å². The van der Waals surface area contributed by atoms with Crippen molar-refractivity contribution in [1.29, 1.82) is 0 Å². The van der Waals surface area contributed by atoms with E-state index in [1.807, 2.05) is 44.2 Å². The number of rotatable bonds is 9. The van der Waals surface area contributed by atoms with Crippen LogP contribution in [0.5, 0.6) is 0 Å². The van der Waals surface area contributed by atoms with Crippen LogP contribution in [0.1, 0.15) is 45.1 Å². The first-order chi connectivity index (χ1) is 10.6. The molecule has 22 heavy (non-hydrogen) atoms. The molecule has 0 saturated carbocycles. The van der Waals surface area contributed by atoms with Gasteiger partial charge >= 0.3 is 0 Å². The van der Waals surface area contributed by atoms with Gasteiger partial charge in [-0.3, -0.25) is 9.59 Å². The molecule has 0 aliphatic carbocycles. The highest BCUT2D eigenvalue weighted by molar-refractivity contribution is 6.00. The molecule has 4 nitrogen and oxygen atoms in total. The number of carbonyl (C=O) groups is 2. The molecule has 0 aliphatic heterocycles. The van der Waals surface area contributed by atoms with Crippen LogP contribution < -0.4 is 5.32 Å². The molecular formula is C18H25NO3. The van der Waals surface area contributed by atoms with E-state index in [2.05, 4.69) is 5.32 Å². The first-order valence-electron chi connectivity index (χ1n) is 7.70. The average Bonchev–Trinajstić information content (AvgIpc) is 2.56. The number of aliphatic hydroxyl groups is 1. The normalized spacial score (nSPS) is 11.8. The predicted molar refractivity (Wildman–Crippen MR) is 88.3 cm³/mol. The molecule has 0 heterocycles. The van der Waals surface area contributed by atoms with Crippen LogP contribution in [0.4, 0.5) is 0 Å². The smallest absolute Gasteiger partial charge is 0.247 e. The Morgan fingerprint density at radius 2 is 1.73 bits per heavy atom. The van der Waals surface area contributed by atoms with Crippen LogP contribution in [0.25, 0.3) is 5.57 Å². The Bertz CT molecular complexity index is 520. The maximum absolute atomic E-state index is 12.1. The summed E-state index contributed by atoms with van der Waals surface area (Å²) in [6, 6.07) is 9.84. The molecule has 0 radical (unpaired) electrons. The van der Waals surface area contributed by atoms with Gasteiger partial charge < -0.3 is 10.4 Å². The summed E-state index contributed by atoms with van der Waals surface area (Å²) in [5.74, 6) is -0.172. The summed E-state index contributed by atoms with van der Waals surface area (Å²) in [5.41, 5.74) is 2.76. The lowest BCUT2D eigenvalue weighted by molar-refractivity contribution is -0.122. The van der Waals surface area contributed by atoms with E-state index in [4.69, 9.17) is 5.11 Å². The van der Waals surface area contributed by atoms with Crippen molar-refractivity contribution in [3.05, 3.63) is 41.5 Å². The molecule has 0 aromatic heterocycles. The molecule has 0 fully saturated rings. The molecule has 120 valence electrons. The Balaban J connectivity index is 2.34. The highest BCUT2D eigenvalue weighted by Gasteiger charge is 2.08. The van der Waals surface area contributed by atoms with E-state index in [1.54, 1.807) is 0 Å². The molecule has 0 unspecified atom stereocenters. The van der Waals surface area contributed by atoms with Crippen molar-refractivity contribution in [2.24, 2.45) is 0 Å². The Morgan fingerprint density at radius 1 is 1.05 bits per heavy atom. The third kappa shape index (κ3) is 6.22. The van der Waals surface area contributed by atoms with Crippen molar-refractivity contribution < 1.29 is 14.7 Å². The minimum atomic E-state index is -0.376. The fourth-order valence-electron chi connectivity index (χ4n) is 2.11. The summed E-state index contributed by atoms with van der Waals surface area (Å²) in [4.78, 5) is 23.0. The summed E-state index contributed by atoms with van der Waals surface area (Å²) in [5, 5.41) is 11.5. The fraction of sp³-hybridized carbons (Fsp3) is 0.444. The van der Waals surface area contributed by atoms with Gasteiger partial charge in [-0.2, -0.15) is 0 Å². The molecule has 4 heteroatoms. The van der Waals surface area contributed by atoms with Crippen LogP contribution >= 0.6 is 0 Å². The monoisotopic (exact) mass is 303 g/mol. The Labute approximate surface area is 132 Å². The van der Waals surface area contributed by atoms with Crippen molar-refractivity contribution in [2.45, 2.75) is 39.5 Å². The van der Waals surface area contributed by atoms with Crippen molar-refractivity contribution in [1.82, 2.24) is 5.32 Å². The number of allylic oxidation sites excluding steroid dienone is 1. The highest BCUT2D eigenvalue weighted by atomic mass is 16.3. The largest absolute Gasteiger partial charge is 0.389 e. The summed E-state index contributed by atoms with van der Waals surface area (Å²) in [7, 11) is 0. The Hall–Kier alpha value is -1.94. The zero-order valence-electron chi connectivity index (χ0n) is 13.4. The zero-order chi connectivity index (χ0) is 16.4. The van der Waals surface area contributed by atoms with E-state index in [9.17, 15) is 9.59 Å². The summed E-state index contributed by atoms with van der Waals surface area (Å²) >= 11 is 0. The molecule has 1 amide bonds. The molecule has 1 rings (SSSR count). The topological polar surface area (TPSA) is 66.4 Å². The van der Waals surface area contributed by atoms with E-state index in [1.165, 1.54) is 0 Å². The minimum Gasteiger partial charge on any atom is -0.389 e. The Kier molecular flexibility index (Phi) is 8.15. The van der Waals surface area contributed by atoms with Gasteiger partial charge in [0, 0.05) is 18.5 Å². The van der Waals surface area contributed by atoms with Gasteiger partial charge in [0.2, 0.25) is 5.91 Å². The molecular weight excluding hydrogens is 278 g/mol. The van der Waals surface area contributed by atoms with Crippen molar-refractivity contribution in [3.63, 3.8) is 0 Å². The molecule has 0 bridgehead atoms. The van der Waals surface area contributed by atoms with Crippen LogP contribution in [0.15, 0.2) is 35.9 Å². The number of carbonyl (C=O) groups excluding carboxylic acids is 2. The fourth-order valence-corrected chi connectivity index (χ4v) is 2.11. The molecule has 1 aromatic rings. The predicted octanol–water partition coefficient (Wildman–Crippen LogP) is 2.72. The second kappa shape index (κ2) is 9.90. The van der Waals surface area contributed by atoms with Gasteiger partial charge in [-0.25, -0.2) is 0 Å². The van der Waals surface area contributed by atoms with Gasteiger partial charge in [0.05, 0.1) is 0 Å². The number of nitrogens with one attached hydrogen (secondary N) is 1. The first kappa shape index (κ1) is 18.1. The lowest BCUT2D eigenvalue weighted by atomic mass is 10.0. The second-order valence-corrected chi connectivity index (χ2v) is 5.38. The maximum atomic E-state index is 12.1. The summed E-state index contributed by atoms with van der Waals surface area (Å²) < 4.78 is 0. The third-order valence-corrected chi connectivity index (χ3v) is 3.70.